The van der Waals surface area contributed by atoms with Crippen LogP contribution in [0.5, 0.6) is 0 Å². The first-order valence-electron chi connectivity index (χ1n) is 7.78. The van der Waals surface area contributed by atoms with Crippen LogP contribution in [-0.2, 0) is 14.6 Å². The van der Waals surface area contributed by atoms with Crippen molar-refractivity contribution in [1.82, 2.24) is 15.1 Å². The quantitative estimate of drug-likeness (QED) is 0.736. The highest BCUT2D eigenvalue weighted by Gasteiger charge is 2.43. The number of likely N-dealkylation sites (N-methyl/N-ethyl adjacent to an activating group) is 1. The van der Waals surface area contributed by atoms with Crippen molar-refractivity contribution >= 4 is 15.7 Å². The van der Waals surface area contributed by atoms with E-state index >= 15 is 0 Å². The smallest absolute Gasteiger partial charge is 0.236 e. The number of carbonyl (C=O) groups excluding carboxylic acids is 1. The van der Waals surface area contributed by atoms with Gasteiger partial charge in [-0.1, -0.05) is 0 Å². The maximum atomic E-state index is 12.4. The average Bonchev–Trinajstić information content (AvgIpc) is 3.08. The Bertz CT molecular complexity index is 522. The first-order valence-corrected chi connectivity index (χ1v) is 9.60. The number of likely N-dealkylation sites (tertiary alicyclic amines) is 1. The molecule has 4 unspecified atom stereocenters. The topological polar surface area (TPSA) is 69.7 Å². The van der Waals surface area contributed by atoms with E-state index in [1.54, 1.807) is 11.9 Å². The standard InChI is InChI=1S/C14H25N3O3S/c1-10-13-6-15-5-11(13)7-17(10)8-14(18)16(2)12-3-4-21(19,20)9-12/h10-13,15H,3-9H2,1-2H3. The Morgan fingerprint density at radius 3 is 2.76 bits per heavy atom. The van der Waals surface area contributed by atoms with Gasteiger partial charge < -0.3 is 10.2 Å². The van der Waals surface area contributed by atoms with Crippen LogP contribution in [-0.4, -0.2) is 80.9 Å². The molecule has 0 aliphatic carbocycles. The zero-order valence-corrected chi connectivity index (χ0v) is 13.6. The van der Waals surface area contributed by atoms with Crippen molar-refractivity contribution in [3.63, 3.8) is 0 Å². The van der Waals surface area contributed by atoms with Gasteiger partial charge in [-0.3, -0.25) is 9.69 Å². The van der Waals surface area contributed by atoms with E-state index in [9.17, 15) is 13.2 Å². The summed E-state index contributed by atoms with van der Waals surface area (Å²) >= 11 is 0. The molecule has 0 aromatic rings. The molecule has 0 saturated carbocycles. The summed E-state index contributed by atoms with van der Waals surface area (Å²) in [5, 5.41) is 3.42. The number of carbonyl (C=O) groups is 1. The van der Waals surface area contributed by atoms with Gasteiger partial charge in [-0.25, -0.2) is 8.42 Å². The Morgan fingerprint density at radius 1 is 1.38 bits per heavy atom. The minimum atomic E-state index is -2.94. The van der Waals surface area contributed by atoms with E-state index in [0.717, 1.165) is 19.6 Å². The molecule has 3 rings (SSSR count). The summed E-state index contributed by atoms with van der Waals surface area (Å²) < 4.78 is 23.1. The number of amides is 1. The summed E-state index contributed by atoms with van der Waals surface area (Å²) in [7, 11) is -1.19. The summed E-state index contributed by atoms with van der Waals surface area (Å²) in [6, 6.07) is 0.288. The van der Waals surface area contributed by atoms with Crippen LogP contribution >= 0.6 is 0 Å². The first-order chi connectivity index (χ1) is 9.87. The predicted octanol–water partition coefficient (Wildman–Crippen LogP) is -0.828. The summed E-state index contributed by atoms with van der Waals surface area (Å²) in [5.41, 5.74) is 0. The average molecular weight is 315 g/mol. The summed E-state index contributed by atoms with van der Waals surface area (Å²) in [4.78, 5) is 16.4. The fourth-order valence-electron chi connectivity index (χ4n) is 4.03. The zero-order valence-electron chi connectivity index (χ0n) is 12.8. The molecule has 3 aliphatic rings. The van der Waals surface area contributed by atoms with E-state index in [4.69, 9.17) is 0 Å². The van der Waals surface area contributed by atoms with Gasteiger partial charge in [0.2, 0.25) is 5.91 Å². The molecule has 3 saturated heterocycles. The molecule has 0 aromatic heterocycles. The molecule has 0 spiro atoms. The normalized spacial score (nSPS) is 38.6. The van der Waals surface area contributed by atoms with Crippen LogP contribution in [0.15, 0.2) is 0 Å². The number of rotatable bonds is 3. The first kappa shape index (κ1) is 15.2. The van der Waals surface area contributed by atoms with Crippen LogP contribution in [0, 0.1) is 11.8 Å². The molecule has 7 heteroatoms. The highest BCUT2D eigenvalue weighted by molar-refractivity contribution is 7.91. The van der Waals surface area contributed by atoms with Crippen LogP contribution in [0.1, 0.15) is 13.3 Å². The minimum Gasteiger partial charge on any atom is -0.341 e. The molecular weight excluding hydrogens is 290 g/mol. The van der Waals surface area contributed by atoms with Gasteiger partial charge in [0.15, 0.2) is 9.84 Å². The van der Waals surface area contributed by atoms with Gasteiger partial charge in [-0.05, 0) is 38.3 Å². The molecular formula is C14H25N3O3S. The van der Waals surface area contributed by atoms with Gasteiger partial charge in [-0.15, -0.1) is 0 Å². The molecule has 6 nitrogen and oxygen atoms in total. The SMILES string of the molecule is CC1C2CNCC2CN1CC(=O)N(C)C1CCS(=O)(=O)C1. The highest BCUT2D eigenvalue weighted by Crippen LogP contribution is 2.32. The highest BCUT2D eigenvalue weighted by atomic mass is 32.2. The predicted molar refractivity (Wildman–Crippen MR) is 80.7 cm³/mol. The van der Waals surface area contributed by atoms with Crippen LogP contribution in [0.2, 0.25) is 0 Å². The maximum absolute atomic E-state index is 12.4. The Balaban J connectivity index is 1.57. The number of sulfone groups is 1. The van der Waals surface area contributed by atoms with Crippen LogP contribution in [0.3, 0.4) is 0 Å². The van der Waals surface area contributed by atoms with Crippen molar-refractivity contribution in [2.24, 2.45) is 11.8 Å². The van der Waals surface area contributed by atoms with Crippen LogP contribution in [0.25, 0.3) is 0 Å². The maximum Gasteiger partial charge on any atom is 0.236 e. The molecule has 3 heterocycles. The zero-order chi connectivity index (χ0) is 15.2. The molecule has 1 amide bonds. The monoisotopic (exact) mass is 315 g/mol. The summed E-state index contributed by atoms with van der Waals surface area (Å²) in [6.45, 7) is 5.69. The number of fused-ring (bicyclic) bond motifs is 1. The van der Waals surface area contributed by atoms with Gasteiger partial charge in [0.05, 0.1) is 18.1 Å². The van der Waals surface area contributed by atoms with Gasteiger partial charge in [0, 0.05) is 25.7 Å². The van der Waals surface area contributed by atoms with E-state index in [1.807, 2.05) is 0 Å². The fourth-order valence-corrected chi connectivity index (χ4v) is 5.81. The molecule has 1 N–H and O–H groups in total. The Hall–Kier alpha value is -0.660. The lowest BCUT2D eigenvalue weighted by atomic mass is 9.95. The van der Waals surface area contributed by atoms with Crippen molar-refractivity contribution in [3.8, 4) is 0 Å². The molecule has 0 bridgehead atoms. The molecule has 3 aliphatic heterocycles. The van der Waals surface area contributed by atoms with Crippen molar-refractivity contribution in [3.05, 3.63) is 0 Å². The Kier molecular flexibility index (Phi) is 4.00. The lowest BCUT2D eigenvalue weighted by Crippen LogP contribution is -2.45. The largest absolute Gasteiger partial charge is 0.341 e. The second kappa shape index (κ2) is 5.52. The van der Waals surface area contributed by atoms with Crippen LogP contribution in [0.4, 0.5) is 0 Å². The molecule has 120 valence electrons. The van der Waals surface area contributed by atoms with Crippen LogP contribution < -0.4 is 5.32 Å². The number of hydrogen-bond acceptors (Lipinski definition) is 5. The second-order valence-electron chi connectivity index (χ2n) is 6.81. The van der Waals surface area contributed by atoms with Crippen molar-refractivity contribution in [2.45, 2.75) is 25.4 Å². The van der Waals surface area contributed by atoms with E-state index in [1.165, 1.54) is 0 Å². The van der Waals surface area contributed by atoms with E-state index < -0.39 is 9.84 Å². The van der Waals surface area contributed by atoms with Crippen molar-refractivity contribution in [2.75, 3.05) is 44.7 Å². The fraction of sp³-hybridized carbons (Fsp3) is 0.929. The number of nitrogens with zero attached hydrogens (tertiary/aromatic N) is 2. The second-order valence-corrected chi connectivity index (χ2v) is 9.04. The van der Waals surface area contributed by atoms with Crippen molar-refractivity contribution in [1.29, 1.82) is 0 Å². The lowest BCUT2D eigenvalue weighted by molar-refractivity contribution is -0.133. The minimum absolute atomic E-state index is 0.0527. The number of hydrogen-bond donors (Lipinski definition) is 1. The van der Waals surface area contributed by atoms with Gasteiger partial charge in [0.25, 0.3) is 0 Å². The molecule has 21 heavy (non-hydrogen) atoms. The third kappa shape index (κ3) is 2.96. The lowest BCUT2D eigenvalue weighted by Gasteiger charge is -2.29. The Morgan fingerprint density at radius 2 is 2.14 bits per heavy atom. The van der Waals surface area contributed by atoms with E-state index in [-0.39, 0.29) is 23.5 Å². The van der Waals surface area contributed by atoms with E-state index in [0.29, 0.717) is 30.8 Å². The molecule has 0 radical (unpaired) electrons. The van der Waals surface area contributed by atoms with E-state index in [2.05, 4.69) is 17.1 Å². The summed E-state index contributed by atoms with van der Waals surface area (Å²) in [5.74, 6) is 1.70. The third-order valence-corrected chi connectivity index (χ3v) is 7.29. The number of nitrogens with one attached hydrogen (secondary N) is 1. The molecule has 4 atom stereocenters. The molecule has 3 fully saturated rings. The van der Waals surface area contributed by atoms with Gasteiger partial charge in [0.1, 0.15) is 0 Å². The summed E-state index contributed by atoms with van der Waals surface area (Å²) in [6.07, 6.45) is 0.579. The molecule has 0 aromatic carbocycles. The van der Waals surface area contributed by atoms with Gasteiger partial charge >= 0.3 is 0 Å². The third-order valence-electron chi connectivity index (χ3n) is 5.54. The van der Waals surface area contributed by atoms with Gasteiger partial charge in [-0.2, -0.15) is 0 Å². The van der Waals surface area contributed by atoms with Crippen molar-refractivity contribution < 1.29 is 13.2 Å². The Labute approximate surface area is 126 Å².